The van der Waals surface area contributed by atoms with Crippen LogP contribution in [0.5, 0.6) is 11.5 Å². The van der Waals surface area contributed by atoms with Crippen LogP contribution in [0, 0.1) is 29.6 Å². The number of benzene rings is 2. The monoisotopic (exact) mass is 1300 g/mol. The van der Waals surface area contributed by atoms with E-state index in [-0.39, 0.29) is 56.3 Å². The van der Waals surface area contributed by atoms with Crippen LogP contribution in [0.3, 0.4) is 0 Å². The van der Waals surface area contributed by atoms with E-state index >= 15 is 0 Å². The minimum Gasteiger partial charge on any atom is -0.497 e. The van der Waals surface area contributed by atoms with Gasteiger partial charge in [-0.3, -0.25) is 43.2 Å². The number of nitrogens with one attached hydrogen (secondary N) is 8. The van der Waals surface area contributed by atoms with Crippen molar-refractivity contribution in [2.75, 3.05) is 14.2 Å². The van der Waals surface area contributed by atoms with Gasteiger partial charge in [0.1, 0.15) is 65.5 Å². The first-order chi connectivity index (χ1) is 43.9. The van der Waals surface area contributed by atoms with Crippen LogP contribution in [0.4, 0.5) is 0 Å². The smallest absolute Gasteiger partial charge is 0.329 e. The fourth-order valence-corrected chi connectivity index (χ4v) is 11.0. The molecule has 0 aromatic heterocycles. The highest BCUT2D eigenvalue weighted by molar-refractivity contribution is 5.98. The van der Waals surface area contributed by atoms with Crippen molar-refractivity contribution in [3.8, 4) is 11.5 Å². The number of esters is 2. The van der Waals surface area contributed by atoms with Gasteiger partial charge in [0.05, 0.1) is 33.1 Å². The third kappa shape index (κ3) is 29.7. The predicted octanol–water partition coefficient (Wildman–Crippen LogP) is 8.89. The van der Waals surface area contributed by atoms with Gasteiger partial charge in [-0.25, -0.2) is 4.79 Å². The summed E-state index contributed by atoms with van der Waals surface area (Å²) in [5.74, 6) is -8.24. The Morgan fingerprint density at radius 1 is 0.527 bits per heavy atom. The van der Waals surface area contributed by atoms with E-state index in [4.69, 9.17) is 18.9 Å². The average molecular weight is 1300 g/mol. The maximum Gasteiger partial charge on any atom is 0.329 e. The lowest BCUT2D eigenvalue weighted by molar-refractivity contribution is -0.158. The Bertz CT molecular complexity index is 2650. The molecular weight excluding hydrogens is 1190 g/mol. The van der Waals surface area contributed by atoms with E-state index in [1.807, 2.05) is 72.7 Å². The highest BCUT2D eigenvalue weighted by Crippen LogP contribution is 2.27. The van der Waals surface area contributed by atoms with Gasteiger partial charge < -0.3 is 61.5 Å². The fraction of sp³-hybridized carbons (Fsp3) is 0.690. The summed E-state index contributed by atoms with van der Waals surface area (Å²) in [5.41, 5.74) is 0.457. The number of amides is 8. The first kappa shape index (κ1) is 80.0. The van der Waals surface area contributed by atoms with E-state index in [0.717, 1.165) is 56.1 Å². The van der Waals surface area contributed by atoms with Gasteiger partial charge in [-0.1, -0.05) is 158 Å². The van der Waals surface area contributed by atoms with Gasteiger partial charge in [0.2, 0.25) is 47.3 Å². The molecule has 522 valence electrons. The molecule has 8 N–H and O–H groups in total. The molecule has 2 aromatic carbocycles. The second-order valence-corrected chi connectivity index (χ2v) is 27.6. The molecule has 0 spiro atoms. The SMILES string of the molecule is CCCCCCCCCCCC1CC(=O)N[C@@H](CCC(=O)NC(c2ccc(OC)cc2)c2ccc(OC)cc2)C(=O)N[C@@H](CC(C)C)C(=O)N[C@@H](CC(C)C)C(=O)N[C@@H](C(C)C)C(=O)N[C@@H](CC(=O)OC(C)(C)C)C(=O)N[C@H](CC(C)C)C(=O)N[C@@H]([C@@H](C)CC)C(=O)O1. The summed E-state index contributed by atoms with van der Waals surface area (Å²) in [4.78, 5) is 145. The van der Waals surface area contributed by atoms with Crippen LogP contribution in [0.2, 0.25) is 0 Å². The lowest BCUT2D eigenvalue weighted by Crippen LogP contribution is -2.61. The Morgan fingerprint density at radius 2 is 0.946 bits per heavy atom. The van der Waals surface area contributed by atoms with E-state index in [0.29, 0.717) is 24.3 Å². The lowest BCUT2D eigenvalue weighted by Gasteiger charge is -2.30. The third-order valence-electron chi connectivity index (χ3n) is 16.3. The number of hydrogen-bond donors (Lipinski definition) is 8. The molecule has 9 atom stereocenters. The summed E-state index contributed by atoms with van der Waals surface area (Å²) in [5, 5.41) is 22.6. The van der Waals surface area contributed by atoms with Crippen molar-refractivity contribution in [1.29, 1.82) is 0 Å². The van der Waals surface area contributed by atoms with Gasteiger partial charge in [-0.15, -0.1) is 0 Å². The topological polar surface area (TPSA) is 304 Å². The number of unbranched alkanes of at least 4 members (excludes halogenated alkanes) is 8. The van der Waals surface area contributed by atoms with Crippen LogP contribution in [0.15, 0.2) is 48.5 Å². The number of carbonyl (C=O) groups excluding carboxylic acids is 10. The summed E-state index contributed by atoms with van der Waals surface area (Å²) in [6, 6.07) is 4.13. The van der Waals surface area contributed by atoms with E-state index in [1.165, 1.54) is 6.42 Å². The zero-order chi connectivity index (χ0) is 69.5. The molecule has 1 saturated heterocycles. The molecule has 3 rings (SSSR count). The number of hydrogen-bond acceptors (Lipinski definition) is 14. The second-order valence-electron chi connectivity index (χ2n) is 27.6. The molecule has 1 aliphatic rings. The van der Waals surface area contributed by atoms with E-state index in [9.17, 15) is 47.9 Å². The van der Waals surface area contributed by atoms with E-state index in [1.54, 1.807) is 80.0 Å². The minimum absolute atomic E-state index is 0.0579. The molecular formula is C71H114N8O14. The number of carbonyl (C=O) groups is 10. The normalized spacial score (nSPS) is 21.7. The minimum atomic E-state index is -1.63. The van der Waals surface area contributed by atoms with Crippen molar-refractivity contribution < 1.29 is 66.9 Å². The molecule has 22 nitrogen and oxygen atoms in total. The Morgan fingerprint density at radius 3 is 1.38 bits per heavy atom. The lowest BCUT2D eigenvalue weighted by atomic mass is 9.97. The molecule has 2 aromatic rings. The number of cyclic esters (lactones) is 1. The Kier molecular flexibility index (Phi) is 35.1. The highest BCUT2D eigenvalue weighted by atomic mass is 16.6. The van der Waals surface area contributed by atoms with Crippen molar-refractivity contribution in [1.82, 2.24) is 42.5 Å². The molecule has 0 bridgehead atoms. The summed E-state index contributed by atoms with van der Waals surface area (Å²) in [7, 11) is 3.10. The van der Waals surface area contributed by atoms with Gasteiger partial charge in [0.25, 0.3) is 0 Å². The third-order valence-corrected chi connectivity index (χ3v) is 16.3. The van der Waals surface area contributed by atoms with Crippen molar-refractivity contribution in [2.45, 2.75) is 273 Å². The average Bonchev–Trinajstić information content (AvgIpc) is 3.08. The van der Waals surface area contributed by atoms with E-state index < -0.39 is 144 Å². The molecule has 1 unspecified atom stereocenters. The number of rotatable bonds is 29. The van der Waals surface area contributed by atoms with Crippen molar-refractivity contribution in [2.24, 2.45) is 29.6 Å². The van der Waals surface area contributed by atoms with Gasteiger partial charge in [0.15, 0.2) is 0 Å². The molecule has 1 aliphatic heterocycles. The molecule has 0 radical (unpaired) electrons. The number of ether oxygens (including phenoxy) is 4. The van der Waals surface area contributed by atoms with Crippen LogP contribution in [-0.2, 0) is 57.4 Å². The zero-order valence-corrected chi connectivity index (χ0v) is 58.6. The maximum absolute atomic E-state index is 15.0. The van der Waals surface area contributed by atoms with Gasteiger partial charge in [-0.2, -0.15) is 0 Å². The van der Waals surface area contributed by atoms with Crippen LogP contribution < -0.4 is 52.0 Å². The zero-order valence-electron chi connectivity index (χ0n) is 58.6. The number of methoxy groups -OCH3 is 2. The molecule has 22 heteroatoms. The molecule has 1 fully saturated rings. The fourth-order valence-electron chi connectivity index (χ4n) is 11.0. The van der Waals surface area contributed by atoms with Crippen molar-refractivity contribution in [3.05, 3.63) is 59.7 Å². The van der Waals surface area contributed by atoms with Crippen molar-refractivity contribution in [3.63, 3.8) is 0 Å². The maximum atomic E-state index is 15.0. The summed E-state index contributed by atoms with van der Waals surface area (Å²) < 4.78 is 22.7. The quantitative estimate of drug-likeness (QED) is 0.0279. The summed E-state index contributed by atoms with van der Waals surface area (Å²) >= 11 is 0. The first-order valence-corrected chi connectivity index (χ1v) is 34.0. The van der Waals surface area contributed by atoms with Crippen LogP contribution >= 0.6 is 0 Å². The standard InChI is InChI=1S/C71H114N8O14/c1-17-19-20-21-22-23-24-25-26-27-52-41-59(81)72-53(36-37-58(80)77-63(48-28-32-50(90-15)33-29-48)49-30-34-51(91-16)35-31-49)64(83)73-54(38-43(3)4)65(84)74-55(39-44(5)6)67(86)78-61(46(9)10)69(88)76-57(42-60(82)93-71(12,13)14)66(85)75-56(40-45(7)8)68(87)79-62(47(11)18-2)70(89)92-52/h28-35,43-47,52-57,61-63H,17-27,36-42H2,1-16H3,(H,72,81)(H,73,83)(H,74,84)(H,75,85)(H,76,88)(H,77,80)(H,78,86)(H,79,87)/t47-,52?,53-,54-,55-,56+,57-,61-,62-/m0/s1. The molecule has 1 heterocycles. The Balaban J connectivity index is 2.26. The highest BCUT2D eigenvalue weighted by Gasteiger charge is 2.39. The predicted molar refractivity (Wildman–Crippen MR) is 358 cm³/mol. The Labute approximate surface area is 553 Å². The molecule has 8 amide bonds. The van der Waals surface area contributed by atoms with Crippen LogP contribution in [0.1, 0.15) is 230 Å². The summed E-state index contributed by atoms with van der Waals surface area (Å²) in [6.07, 6.45) is 7.05. The summed E-state index contributed by atoms with van der Waals surface area (Å²) in [6.45, 7) is 25.0. The van der Waals surface area contributed by atoms with Gasteiger partial charge in [0, 0.05) is 6.42 Å². The molecule has 93 heavy (non-hydrogen) atoms. The first-order valence-electron chi connectivity index (χ1n) is 34.0. The second kappa shape index (κ2) is 40.8. The van der Waals surface area contributed by atoms with Gasteiger partial charge in [-0.05, 0) is 124 Å². The molecule has 0 saturated carbocycles. The van der Waals surface area contributed by atoms with Crippen LogP contribution in [0.25, 0.3) is 0 Å². The Hall–Kier alpha value is -7.26. The van der Waals surface area contributed by atoms with E-state index in [2.05, 4.69) is 49.5 Å². The largest absolute Gasteiger partial charge is 0.497 e. The van der Waals surface area contributed by atoms with Crippen LogP contribution in [-0.4, -0.2) is 127 Å². The van der Waals surface area contributed by atoms with Crippen molar-refractivity contribution >= 4 is 59.2 Å². The molecule has 0 aliphatic carbocycles. The van der Waals surface area contributed by atoms with Gasteiger partial charge >= 0.3 is 11.9 Å².